The Bertz CT molecular complexity index is 1100. The van der Waals surface area contributed by atoms with Gasteiger partial charge in [0, 0.05) is 5.56 Å². The number of ether oxygens (including phenoxy) is 1. The van der Waals surface area contributed by atoms with E-state index in [1.165, 1.54) is 6.07 Å². The van der Waals surface area contributed by atoms with Gasteiger partial charge in [-0.3, -0.25) is 19.3 Å². The molecule has 0 radical (unpaired) electrons. The second-order valence-corrected chi connectivity index (χ2v) is 8.33. The number of rotatable bonds is 6. The molecule has 3 rings (SSSR count). The Morgan fingerprint density at radius 1 is 1.10 bits per heavy atom. The van der Waals surface area contributed by atoms with Crippen LogP contribution < -0.4 is 10.0 Å². The number of esters is 1. The lowest BCUT2D eigenvalue weighted by Crippen LogP contribution is -2.23. The number of anilines is 1. The molecule has 0 aromatic heterocycles. The Morgan fingerprint density at radius 2 is 1.86 bits per heavy atom. The van der Waals surface area contributed by atoms with E-state index in [0.29, 0.717) is 11.3 Å². The lowest BCUT2D eigenvalue weighted by Gasteiger charge is -2.08. The standard InChI is InChI=1S/C18H15Cl2N3O5S/c19-12-5-3-6-13(17(12)20)22-15(24)10-28-16(25)8-9-21-18-11-4-1-2-7-14(11)29(26,27)23-18/h1-7H,8-10H2,(H,21,23)(H,22,24). The van der Waals surface area contributed by atoms with Crippen molar-refractivity contribution in [1.29, 1.82) is 0 Å². The topological polar surface area (TPSA) is 114 Å². The van der Waals surface area contributed by atoms with Gasteiger partial charge in [-0.05, 0) is 24.3 Å². The summed E-state index contributed by atoms with van der Waals surface area (Å²) < 4.78 is 31.2. The normalized spacial score (nSPS) is 15.4. The van der Waals surface area contributed by atoms with Crippen molar-refractivity contribution in [3.63, 3.8) is 0 Å². The molecule has 1 heterocycles. The number of carbonyl (C=O) groups is 2. The van der Waals surface area contributed by atoms with E-state index in [-0.39, 0.29) is 33.7 Å². The van der Waals surface area contributed by atoms with Gasteiger partial charge in [0.05, 0.1) is 33.6 Å². The number of aliphatic imine (C=N–C) groups is 1. The molecule has 0 saturated carbocycles. The molecule has 1 amide bonds. The predicted octanol–water partition coefficient (Wildman–Crippen LogP) is 2.60. The van der Waals surface area contributed by atoms with Crippen molar-refractivity contribution in [1.82, 2.24) is 4.72 Å². The van der Waals surface area contributed by atoms with Crippen LogP contribution in [0.2, 0.25) is 10.0 Å². The molecule has 2 aromatic carbocycles. The number of halogens is 2. The van der Waals surface area contributed by atoms with Gasteiger partial charge in [0.15, 0.2) is 6.61 Å². The van der Waals surface area contributed by atoms with Crippen LogP contribution in [0.3, 0.4) is 0 Å². The molecule has 0 spiro atoms. The summed E-state index contributed by atoms with van der Waals surface area (Å²) in [6.45, 7) is -0.513. The van der Waals surface area contributed by atoms with Crippen LogP contribution in [0.4, 0.5) is 5.69 Å². The molecule has 152 valence electrons. The highest BCUT2D eigenvalue weighted by Crippen LogP contribution is 2.29. The second-order valence-electron chi connectivity index (χ2n) is 5.89. The van der Waals surface area contributed by atoms with E-state index in [1.807, 2.05) is 0 Å². The van der Waals surface area contributed by atoms with Gasteiger partial charge in [-0.1, -0.05) is 41.4 Å². The molecule has 0 saturated heterocycles. The number of sulfonamides is 1. The van der Waals surface area contributed by atoms with E-state index in [2.05, 4.69) is 15.0 Å². The lowest BCUT2D eigenvalue weighted by molar-refractivity contribution is -0.147. The fraction of sp³-hybridized carbons (Fsp3) is 0.167. The zero-order chi connectivity index (χ0) is 21.0. The average Bonchev–Trinajstić information content (AvgIpc) is 2.95. The van der Waals surface area contributed by atoms with Gasteiger partial charge < -0.3 is 10.1 Å². The first-order valence-corrected chi connectivity index (χ1v) is 10.6. The zero-order valence-corrected chi connectivity index (χ0v) is 17.1. The number of amidine groups is 1. The van der Waals surface area contributed by atoms with Crippen molar-refractivity contribution in [3.05, 3.63) is 58.1 Å². The Balaban J connectivity index is 1.49. The maximum Gasteiger partial charge on any atom is 0.308 e. The maximum absolute atomic E-state index is 12.0. The molecule has 1 aliphatic rings. The van der Waals surface area contributed by atoms with Gasteiger partial charge in [-0.2, -0.15) is 0 Å². The molecule has 0 atom stereocenters. The third-order valence-electron chi connectivity index (χ3n) is 3.84. The summed E-state index contributed by atoms with van der Waals surface area (Å²) in [5.74, 6) is -1.07. The van der Waals surface area contributed by atoms with Gasteiger partial charge >= 0.3 is 5.97 Å². The molecule has 0 aliphatic carbocycles. The summed E-state index contributed by atoms with van der Waals surface area (Å²) in [7, 11) is -3.63. The largest absolute Gasteiger partial charge is 0.456 e. The fourth-order valence-corrected chi connectivity index (χ4v) is 4.11. The van der Waals surface area contributed by atoms with Crippen molar-refractivity contribution >= 4 is 56.6 Å². The number of nitrogens with one attached hydrogen (secondary N) is 2. The summed E-state index contributed by atoms with van der Waals surface area (Å²) in [4.78, 5) is 27.9. The number of amides is 1. The van der Waals surface area contributed by atoms with Crippen LogP contribution in [0, 0.1) is 0 Å². The van der Waals surface area contributed by atoms with E-state index in [4.69, 9.17) is 27.9 Å². The van der Waals surface area contributed by atoms with E-state index in [0.717, 1.165) is 0 Å². The molecule has 8 nitrogen and oxygen atoms in total. The Kier molecular flexibility index (Phi) is 6.41. The van der Waals surface area contributed by atoms with Crippen LogP contribution in [0.15, 0.2) is 52.4 Å². The Morgan fingerprint density at radius 3 is 2.66 bits per heavy atom. The third kappa shape index (κ3) is 5.06. The number of nitrogens with zero attached hydrogens (tertiary/aromatic N) is 1. The van der Waals surface area contributed by atoms with Crippen LogP contribution in [0.25, 0.3) is 0 Å². The summed E-state index contributed by atoms with van der Waals surface area (Å²) in [6, 6.07) is 11.1. The number of fused-ring (bicyclic) bond motifs is 1. The molecule has 29 heavy (non-hydrogen) atoms. The number of carbonyl (C=O) groups excluding carboxylic acids is 2. The van der Waals surface area contributed by atoms with Gasteiger partial charge in [0.2, 0.25) is 0 Å². The highest BCUT2D eigenvalue weighted by molar-refractivity contribution is 7.90. The van der Waals surface area contributed by atoms with Crippen LogP contribution >= 0.6 is 23.2 Å². The van der Waals surface area contributed by atoms with E-state index in [1.54, 1.807) is 36.4 Å². The molecular weight excluding hydrogens is 441 g/mol. The maximum atomic E-state index is 12.0. The molecule has 0 unspecified atom stereocenters. The van der Waals surface area contributed by atoms with Crippen molar-refractivity contribution in [2.75, 3.05) is 18.5 Å². The molecule has 11 heteroatoms. The van der Waals surface area contributed by atoms with Gasteiger partial charge in [0.1, 0.15) is 5.84 Å². The highest BCUT2D eigenvalue weighted by Gasteiger charge is 2.29. The van der Waals surface area contributed by atoms with Crippen LogP contribution in [-0.4, -0.2) is 39.3 Å². The van der Waals surface area contributed by atoms with E-state index >= 15 is 0 Å². The first-order valence-electron chi connectivity index (χ1n) is 8.34. The molecule has 1 aliphatic heterocycles. The van der Waals surface area contributed by atoms with Crippen molar-refractivity contribution in [2.45, 2.75) is 11.3 Å². The Hall–Kier alpha value is -2.62. The lowest BCUT2D eigenvalue weighted by atomic mass is 10.2. The SMILES string of the molecule is O=C(COC(=O)CCN=C1NS(=O)(=O)c2ccccc21)Nc1cccc(Cl)c1Cl. The smallest absolute Gasteiger partial charge is 0.308 e. The molecular formula is C18H15Cl2N3O5S. The minimum atomic E-state index is -3.63. The van der Waals surface area contributed by atoms with Crippen molar-refractivity contribution in [3.8, 4) is 0 Å². The summed E-state index contributed by atoms with van der Waals surface area (Å²) >= 11 is 11.8. The number of benzene rings is 2. The quantitative estimate of drug-likeness (QED) is 0.649. The van der Waals surface area contributed by atoms with Crippen LogP contribution in [0.1, 0.15) is 12.0 Å². The van der Waals surface area contributed by atoms with Gasteiger partial charge in [-0.25, -0.2) is 8.42 Å². The average molecular weight is 456 g/mol. The van der Waals surface area contributed by atoms with Crippen LogP contribution in [0.5, 0.6) is 0 Å². The van der Waals surface area contributed by atoms with Crippen molar-refractivity contribution in [2.24, 2.45) is 4.99 Å². The minimum Gasteiger partial charge on any atom is -0.456 e. The van der Waals surface area contributed by atoms with E-state index in [9.17, 15) is 18.0 Å². The van der Waals surface area contributed by atoms with E-state index < -0.39 is 28.5 Å². The summed E-state index contributed by atoms with van der Waals surface area (Å²) in [5, 5.41) is 2.96. The third-order valence-corrected chi connectivity index (χ3v) is 6.05. The predicted molar refractivity (Wildman–Crippen MR) is 109 cm³/mol. The Labute approximate surface area is 176 Å². The second kappa shape index (κ2) is 8.81. The van der Waals surface area contributed by atoms with Crippen molar-refractivity contribution < 1.29 is 22.7 Å². The van der Waals surface area contributed by atoms with Crippen LogP contribution in [-0.2, 0) is 24.3 Å². The molecule has 0 fully saturated rings. The first kappa shape index (κ1) is 21.1. The number of hydrogen-bond donors (Lipinski definition) is 2. The van der Waals surface area contributed by atoms with Gasteiger partial charge in [0.25, 0.3) is 15.9 Å². The summed E-state index contributed by atoms with van der Waals surface area (Å²) in [6.07, 6.45) is -0.126. The fourth-order valence-electron chi connectivity index (χ4n) is 2.52. The number of hydrogen-bond acceptors (Lipinski definition) is 6. The van der Waals surface area contributed by atoms with Gasteiger partial charge in [-0.15, -0.1) is 0 Å². The molecule has 0 bridgehead atoms. The first-order chi connectivity index (χ1) is 13.8. The summed E-state index contributed by atoms with van der Waals surface area (Å²) in [5.41, 5.74) is 0.748. The highest BCUT2D eigenvalue weighted by atomic mass is 35.5. The monoisotopic (exact) mass is 455 g/mol. The molecule has 2 N–H and O–H groups in total. The molecule has 2 aromatic rings. The zero-order valence-electron chi connectivity index (χ0n) is 14.8. The minimum absolute atomic E-state index is 0.00718.